The predicted molar refractivity (Wildman–Crippen MR) is 278 cm³/mol. The van der Waals surface area contributed by atoms with Crippen LogP contribution in [-0.4, -0.2) is 23.7 Å². The molecule has 0 aromatic heterocycles. The summed E-state index contributed by atoms with van der Waals surface area (Å²) in [6, 6.07) is 3.46. The van der Waals surface area contributed by atoms with Crippen LogP contribution in [0.4, 0.5) is 0 Å². The highest BCUT2D eigenvalue weighted by Gasteiger charge is 2.34. The van der Waals surface area contributed by atoms with Crippen LogP contribution < -0.4 is 27.8 Å². The van der Waals surface area contributed by atoms with E-state index in [4.69, 9.17) is 61.4 Å². The van der Waals surface area contributed by atoms with Gasteiger partial charge in [-0.15, -0.1) is 0 Å². The van der Waals surface area contributed by atoms with Gasteiger partial charge in [-0.25, -0.2) is 10.2 Å². The van der Waals surface area contributed by atoms with Crippen molar-refractivity contribution in [2.24, 2.45) is 5.84 Å². The van der Waals surface area contributed by atoms with Crippen molar-refractivity contribution in [3.8, 4) is 28.2 Å². The number of benzene rings is 3. The van der Waals surface area contributed by atoms with Gasteiger partial charge < -0.3 is 14.3 Å². The van der Waals surface area contributed by atoms with E-state index in [0.29, 0.717) is 36.4 Å². The normalized spacial score (nSPS) is 12.2. The van der Waals surface area contributed by atoms with Crippen LogP contribution in [0.1, 0.15) is 139 Å². The number of carbonyl (C=O) groups excluding carboxylic acids is 1. The van der Waals surface area contributed by atoms with Gasteiger partial charge in [0, 0.05) is 28.6 Å². The Morgan fingerprint density at radius 1 is 0.746 bits per heavy atom. The minimum Gasteiger partial charge on any atom is -0.506 e. The van der Waals surface area contributed by atoms with E-state index in [2.05, 4.69) is 23.4 Å². The third-order valence-electron chi connectivity index (χ3n) is 10.4. The highest BCUT2D eigenvalue weighted by Crippen LogP contribution is 2.53. The predicted octanol–water partition coefficient (Wildman–Crippen LogP) is 14.7. The summed E-state index contributed by atoms with van der Waals surface area (Å²) in [5.74, 6) is 4.81. The van der Waals surface area contributed by atoms with E-state index in [1.807, 2.05) is 90.4 Å². The molecule has 326 valence electrons. The van der Waals surface area contributed by atoms with Crippen LogP contribution in [0.2, 0.25) is 20.1 Å². The third-order valence-corrected chi connectivity index (χ3v) is 15.8. The number of phenolic OH excluding ortho intramolecular Hbond substituents is 1. The third kappa shape index (κ3) is 14.4. The topological polar surface area (TPSA) is 139 Å². The SMILES string of the molecule is CCCCCCCCC(CCCCCCCCCCCCCNNNN)OC(=O)c1c(Cl)c(Cl)c(Cl)c(Cl)c1-c1c2cc(I)c(=O)c(I)c-2oc2c(I)c(O)c(I)cc12. The number of hydrazine groups is 3. The first-order chi connectivity index (χ1) is 28.3. The van der Waals surface area contributed by atoms with Crippen molar-refractivity contribution >= 4 is 154 Å². The molecule has 1 unspecified atom stereocenters. The smallest absolute Gasteiger partial charge is 0.340 e. The fourth-order valence-electron chi connectivity index (χ4n) is 7.24. The molecule has 2 aromatic carbocycles. The van der Waals surface area contributed by atoms with Crippen molar-refractivity contribution < 1.29 is 19.1 Å². The first-order valence-corrected chi connectivity index (χ1v) is 26.1. The number of ether oxygens (including phenoxy) is 1. The summed E-state index contributed by atoms with van der Waals surface area (Å²) in [5.41, 5.74) is 9.32. The Morgan fingerprint density at radius 2 is 1.29 bits per heavy atom. The molecule has 9 nitrogen and oxygen atoms in total. The maximum atomic E-state index is 14.7. The molecule has 1 aliphatic heterocycles. The van der Waals surface area contributed by atoms with Crippen molar-refractivity contribution in [2.75, 3.05) is 6.54 Å². The summed E-state index contributed by atoms with van der Waals surface area (Å²) in [5, 5.41) is 11.3. The number of carbonyl (C=O) groups is 1. The zero-order valence-corrected chi connectivity index (χ0v) is 44.7. The number of unbranched alkanes of at least 4 members (excludes halogenated alkanes) is 15. The molecular formula is C42H52Cl4I4N4O5. The average molecular weight is 1340 g/mol. The van der Waals surface area contributed by atoms with Gasteiger partial charge in [0.25, 0.3) is 0 Å². The van der Waals surface area contributed by atoms with Gasteiger partial charge in [-0.3, -0.25) is 10.6 Å². The van der Waals surface area contributed by atoms with Gasteiger partial charge in [-0.2, -0.15) is 11.1 Å². The molecule has 17 heteroatoms. The fourth-order valence-corrected chi connectivity index (χ4v) is 11.8. The first kappa shape index (κ1) is 51.9. The summed E-state index contributed by atoms with van der Waals surface area (Å²) in [6.07, 6.45) is 20.7. The maximum Gasteiger partial charge on any atom is 0.340 e. The van der Waals surface area contributed by atoms with Crippen LogP contribution in [0.25, 0.3) is 33.4 Å². The van der Waals surface area contributed by atoms with Crippen molar-refractivity contribution in [1.82, 2.24) is 16.5 Å². The van der Waals surface area contributed by atoms with Gasteiger partial charge in [0.2, 0.25) is 5.43 Å². The molecule has 0 saturated heterocycles. The molecule has 2 aromatic rings. The van der Waals surface area contributed by atoms with E-state index < -0.39 is 5.97 Å². The number of hydrogen-bond acceptors (Lipinski definition) is 9. The molecule has 1 aliphatic carbocycles. The average Bonchev–Trinajstić information content (AvgIpc) is 3.22. The van der Waals surface area contributed by atoms with Gasteiger partial charge in [0.05, 0.1) is 36.4 Å². The van der Waals surface area contributed by atoms with E-state index in [-0.39, 0.29) is 54.3 Å². The van der Waals surface area contributed by atoms with Crippen molar-refractivity contribution in [3.63, 3.8) is 0 Å². The zero-order chi connectivity index (χ0) is 43.1. The molecule has 0 spiro atoms. The first-order valence-electron chi connectivity index (χ1n) is 20.3. The van der Waals surface area contributed by atoms with E-state index in [9.17, 15) is 14.7 Å². The fraction of sp³-hybridized carbons (Fsp3) is 0.524. The molecule has 0 amide bonds. The number of aromatic hydroxyl groups is 1. The van der Waals surface area contributed by atoms with Crippen molar-refractivity contribution in [3.05, 3.63) is 62.3 Å². The number of fused-ring (bicyclic) bond motifs is 2. The maximum absolute atomic E-state index is 14.7. The molecule has 1 heterocycles. The molecule has 59 heavy (non-hydrogen) atoms. The largest absolute Gasteiger partial charge is 0.506 e. The van der Waals surface area contributed by atoms with Gasteiger partial charge >= 0.3 is 5.97 Å². The van der Waals surface area contributed by atoms with Crippen LogP contribution >= 0.6 is 137 Å². The molecule has 0 saturated carbocycles. The Balaban J connectivity index is 1.58. The molecule has 1 atom stereocenters. The van der Waals surface area contributed by atoms with Crippen LogP contribution in [0.15, 0.2) is 21.3 Å². The van der Waals surface area contributed by atoms with Crippen LogP contribution in [-0.2, 0) is 4.74 Å². The molecule has 2 aliphatic rings. The lowest BCUT2D eigenvalue weighted by Gasteiger charge is -2.24. The second kappa shape index (κ2) is 27.0. The van der Waals surface area contributed by atoms with Crippen LogP contribution in [0.5, 0.6) is 5.75 Å². The van der Waals surface area contributed by atoms with Crippen LogP contribution in [0, 0.1) is 14.3 Å². The lowest BCUT2D eigenvalue weighted by Crippen LogP contribution is -2.47. The van der Waals surface area contributed by atoms with Crippen LogP contribution in [0.3, 0.4) is 0 Å². The van der Waals surface area contributed by atoms with E-state index in [0.717, 1.165) is 64.3 Å². The highest BCUT2D eigenvalue weighted by atomic mass is 127. The standard InChI is InChI=1S/C42H52Cl4I4N4O5/c1-2-3-4-5-13-16-19-24(20-17-14-11-9-7-6-8-10-12-15-18-21-52-54-53-51)58-42(57)31-30(32(43)34(45)35(46)33(31)44)29-25-22-27(47)38(55)36(49)40(25)59-41-26(29)23-28(48)39(56)37(41)50/h22-24,52-55H,2-21,51H2,1H3. The minimum atomic E-state index is -0.656. The second-order valence-corrected chi connectivity index (χ2v) is 20.7. The highest BCUT2D eigenvalue weighted by molar-refractivity contribution is 14.1. The van der Waals surface area contributed by atoms with Gasteiger partial charge in [0.15, 0.2) is 11.3 Å². The summed E-state index contributed by atoms with van der Waals surface area (Å²) >= 11 is 35.6. The Hall–Kier alpha value is 0.320. The summed E-state index contributed by atoms with van der Waals surface area (Å²) in [7, 11) is 0. The zero-order valence-electron chi connectivity index (χ0n) is 33.1. The van der Waals surface area contributed by atoms with Crippen molar-refractivity contribution in [1.29, 1.82) is 0 Å². The minimum absolute atomic E-state index is 0.00884. The molecular weight excluding hydrogens is 1290 g/mol. The van der Waals surface area contributed by atoms with Gasteiger partial charge in [0.1, 0.15) is 15.4 Å². The molecule has 0 bridgehead atoms. The number of halogens is 8. The Morgan fingerprint density at radius 3 is 1.86 bits per heavy atom. The van der Waals surface area contributed by atoms with E-state index in [1.54, 1.807) is 12.1 Å². The number of nitrogens with two attached hydrogens (primary N) is 1. The number of hydrogen-bond donors (Lipinski definition) is 5. The van der Waals surface area contributed by atoms with E-state index in [1.165, 1.54) is 64.2 Å². The lowest BCUT2D eigenvalue weighted by molar-refractivity contribution is 0.0250. The van der Waals surface area contributed by atoms with Crippen molar-refractivity contribution in [2.45, 2.75) is 135 Å². The van der Waals surface area contributed by atoms with E-state index >= 15 is 0 Å². The molecule has 6 N–H and O–H groups in total. The number of rotatable bonds is 26. The number of phenols is 1. The number of esters is 1. The quantitative estimate of drug-likeness (QED) is 0.00608. The molecule has 0 fully saturated rings. The summed E-state index contributed by atoms with van der Waals surface area (Å²) in [4.78, 5) is 27.9. The van der Waals surface area contributed by atoms with Gasteiger partial charge in [-0.1, -0.05) is 143 Å². The Labute approximate surface area is 422 Å². The lowest BCUT2D eigenvalue weighted by atomic mass is 9.90. The summed E-state index contributed by atoms with van der Waals surface area (Å²) in [6.45, 7) is 3.09. The van der Waals surface area contributed by atoms with Gasteiger partial charge in [-0.05, 0) is 135 Å². The molecule has 4 rings (SSSR count). The molecule has 0 radical (unpaired) electrons. The second-order valence-electron chi connectivity index (χ2n) is 14.7. The number of nitrogens with one attached hydrogen (secondary N) is 3. The monoisotopic (exact) mass is 1340 g/mol. The Kier molecular flexibility index (Phi) is 23.7. The summed E-state index contributed by atoms with van der Waals surface area (Å²) < 4.78 is 14.5. The Bertz CT molecular complexity index is 2060.